The molecular formula is C13H17NO2. The second-order valence-corrected chi connectivity index (χ2v) is 3.85. The van der Waals surface area contributed by atoms with Crippen molar-refractivity contribution in [3.8, 4) is 5.75 Å². The summed E-state index contributed by atoms with van der Waals surface area (Å²) in [7, 11) is 1.65. The van der Waals surface area contributed by atoms with Gasteiger partial charge in [0.2, 0.25) is 0 Å². The van der Waals surface area contributed by atoms with Crippen molar-refractivity contribution < 1.29 is 9.47 Å². The van der Waals surface area contributed by atoms with Gasteiger partial charge in [0, 0.05) is 0 Å². The molecule has 1 aliphatic rings. The maximum absolute atomic E-state index is 6.13. The third-order valence-electron chi connectivity index (χ3n) is 2.74. The van der Waals surface area contributed by atoms with Crippen LogP contribution in [0.25, 0.3) is 0 Å². The van der Waals surface area contributed by atoms with Gasteiger partial charge in [-0.1, -0.05) is 12.1 Å². The van der Waals surface area contributed by atoms with E-state index in [1.807, 2.05) is 24.3 Å². The second-order valence-electron chi connectivity index (χ2n) is 3.85. The Balaban J connectivity index is 2.13. The number of allylic oxidation sites excluding steroid dienone is 1. The fourth-order valence-electron chi connectivity index (χ4n) is 1.77. The van der Waals surface area contributed by atoms with E-state index in [-0.39, 0.29) is 6.04 Å². The summed E-state index contributed by atoms with van der Waals surface area (Å²) in [5.74, 6) is 1.73. The Hall–Kier alpha value is -1.48. The van der Waals surface area contributed by atoms with Gasteiger partial charge in [-0.3, -0.25) is 0 Å². The molecule has 0 amide bonds. The van der Waals surface area contributed by atoms with Crippen LogP contribution in [0.2, 0.25) is 0 Å². The average Bonchev–Trinajstić information content (AvgIpc) is 2.39. The first-order valence-electron chi connectivity index (χ1n) is 5.53. The van der Waals surface area contributed by atoms with Gasteiger partial charge in [-0.2, -0.15) is 0 Å². The highest BCUT2D eigenvalue weighted by molar-refractivity contribution is 5.32. The zero-order valence-electron chi connectivity index (χ0n) is 9.48. The summed E-state index contributed by atoms with van der Waals surface area (Å²) in [6.07, 6.45) is 4.22. The summed E-state index contributed by atoms with van der Waals surface area (Å²) in [4.78, 5) is 0. The van der Waals surface area contributed by atoms with E-state index in [1.54, 1.807) is 7.11 Å². The van der Waals surface area contributed by atoms with Crippen LogP contribution in [0.5, 0.6) is 5.75 Å². The fraction of sp³-hybridized carbons (Fsp3) is 0.385. The van der Waals surface area contributed by atoms with Gasteiger partial charge in [0.05, 0.1) is 19.8 Å². The van der Waals surface area contributed by atoms with Crippen molar-refractivity contribution in [2.24, 2.45) is 5.73 Å². The van der Waals surface area contributed by atoms with Crippen LogP contribution in [0, 0.1) is 0 Å². The summed E-state index contributed by atoms with van der Waals surface area (Å²) in [5, 5.41) is 0. The maximum Gasteiger partial charge on any atom is 0.118 e. The molecule has 0 saturated carbocycles. The quantitative estimate of drug-likeness (QED) is 0.849. The Bertz CT molecular complexity index is 370. The minimum absolute atomic E-state index is 0.161. The zero-order chi connectivity index (χ0) is 11.4. The summed E-state index contributed by atoms with van der Waals surface area (Å²) >= 11 is 0. The van der Waals surface area contributed by atoms with Gasteiger partial charge in [0.25, 0.3) is 0 Å². The molecule has 0 saturated heterocycles. The van der Waals surface area contributed by atoms with Crippen molar-refractivity contribution in [2.45, 2.75) is 18.9 Å². The molecule has 2 rings (SSSR count). The molecule has 3 nitrogen and oxygen atoms in total. The van der Waals surface area contributed by atoms with Crippen LogP contribution in [-0.2, 0) is 4.74 Å². The van der Waals surface area contributed by atoms with Gasteiger partial charge >= 0.3 is 0 Å². The molecule has 0 aromatic heterocycles. The van der Waals surface area contributed by atoms with E-state index >= 15 is 0 Å². The van der Waals surface area contributed by atoms with Crippen molar-refractivity contribution in [3.63, 3.8) is 0 Å². The normalized spacial score (nSPS) is 17.2. The molecule has 2 N–H and O–H groups in total. The van der Waals surface area contributed by atoms with Crippen LogP contribution in [-0.4, -0.2) is 13.7 Å². The van der Waals surface area contributed by atoms with E-state index in [1.165, 1.54) is 0 Å². The third kappa shape index (κ3) is 2.36. The van der Waals surface area contributed by atoms with Crippen molar-refractivity contribution in [2.75, 3.05) is 13.7 Å². The van der Waals surface area contributed by atoms with E-state index < -0.39 is 0 Å². The monoisotopic (exact) mass is 219 g/mol. The van der Waals surface area contributed by atoms with Gasteiger partial charge in [0.15, 0.2) is 0 Å². The fourth-order valence-corrected chi connectivity index (χ4v) is 1.77. The Labute approximate surface area is 95.9 Å². The molecule has 1 aromatic carbocycles. The number of nitrogens with two attached hydrogens (primary N) is 1. The highest BCUT2D eigenvalue weighted by Gasteiger charge is 2.15. The second kappa shape index (κ2) is 5.03. The molecule has 1 aliphatic heterocycles. The van der Waals surface area contributed by atoms with Crippen LogP contribution >= 0.6 is 0 Å². The minimum atomic E-state index is -0.161. The smallest absolute Gasteiger partial charge is 0.118 e. The molecule has 86 valence electrons. The van der Waals surface area contributed by atoms with E-state index in [9.17, 15) is 0 Å². The highest BCUT2D eigenvalue weighted by Crippen LogP contribution is 2.25. The first kappa shape index (κ1) is 11.0. The topological polar surface area (TPSA) is 44.5 Å². The summed E-state index contributed by atoms with van der Waals surface area (Å²) in [6, 6.07) is 7.62. The first-order valence-corrected chi connectivity index (χ1v) is 5.53. The maximum atomic E-state index is 6.13. The Morgan fingerprint density at radius 3 is 2.62 bits per heavy atom. The zero-order valence-corrected chi connectivity index (χ0v) is 9.48. The molecular weight excluding hydrogens is 202 g/mol. The van der Waals surface area contributed by atoms with E-state index in [0.717, 1.165) is 36.5 Å². The van der Waals surface area contributed by atoms with Gasteiger partial charge in [0.1, 0.15) is 11.5 Å². The lowest BCUT2D eigenvalue weighted by Crippen LogP contribution is -2.17. The van der Waals surface area contributed by atoms with Gasteiger partial charge in [-0.05, 0) is 36.6 Å². The van der Waals surface area contributed by atoms with E-state index in [4.69, 9.17) is 15.2 Å². The van der Waals surface area contributed by atoms with Gasteiger partial charge < -0.3 is 15.2 Å². The lowest BCUT2D eigenvalue weighted by Gasteiger charge is -2.21. The summed E-state index contributed by atoms with van der Waals surface area (Å²) in [6.45, 7) is 0.774. The molecule has 0 spiro atoms. The predicted molar refractivity (Wildman–Crippen MR) is 63.2 cm³/mol. The van der Waals surface area contributed by atoms with Crippen molar-refractivity contribution in [1.82, 2.24) is 0 Å². The van der Waals surface area contributed by atoms with Crippen LogP contribution in [0.1, 0.15) is 24.4 Å². The van der Waals surface area contributed by atoms with Crippen LogP contribution < -0.4 is 10.5 Å². The molecule has 1 aromatic rings. The molecule has 1 atom stereocenters. The molecule has 0 bridgehead atoms. The van der Waals surface area contributed by atoms with Crippen molar-refractivity contribution in [3.05, 3.63) is 41.7 Å². The number of ether oxygens (including phenoxy) is 2. The molecule has 16 heavy (non-hydrogen) atoms. The molecule has 0 fully saturated rings. The Kier molecular flexibility index (Phi) is 3.47. The number of benzene rings is 1. The number of hydrogen-bond acceptors (Lipinski definition) is 3. The number of methoxy groups -OCH3 is 1. The third-order valence-corrected chi connectivity index (χ3v) is 2.74. The molecule has 0 radical (unpaired) electrons. The van der Waals surface area contributed by atoms with Crippen molar-refractivity contribution in [1.29, 1.82) is 0 Å². The predicted octanol–water partition coefficient (Wildman–Crippen LogP) is 2.39. The van der Waals surface area contributed by atoms with Crippen molar-refractivity contribution >= 4 is 0 Å². The average molecular weight is 219 g/mol. The van der Waals surface area contributed by atoms with Crippen LogP contribution in [0.4, 0.5) is 0 Å². The first-order chi connectivity index (χ1) is 7.81. The molecule has 1 unspecified atom stereocenters. The lowest BCUT2D eigenvalue weighted by molar-refractivity contribution is 0.176. The molecule has 1 heterocycles. The van der Waals surface area contributed by atoms with E-state index in [2.05, 4.69) is 6.08 Å². The van der Waals surface area contributed by atoms with Gasteiger partial charge in [-0.15, -0.1) is 0 Å². The minimum Gasteiger partial charge on any atom is -0.497 e. The Morgan fingerprint density at radius 1 is 1.31 bits per heavy atom. The Morgan fingerprint density at radius 2 is 2.06 bits per heavy atom. The SMILES string of the molecule is COc1ccc(C(N)C2=CCCCO2)cc1. The largest absolute Gasteiger partial charge is 0.497 e. The standard InChI is InChI=1S/C13H17NO2/c1-15-11-7-5-10(6-8-11)13(14)12-4-2-3-9-16-12/h4-8,13H,2-3,9,14H2,1H3. The number of hydrogen-bond donors (Lipinski definition) is 1. The van der Waals surface area contributed by atoms with Crippen LogP contribution in [0.3, 0.4) is 0 Å². The lowest BCUT2D eigenvalue weighted by atomic mass is 10.0. The van der Waals surface area contributed by atoms with Crippen LogP contribution in [0.15, 0.2) is 36.1 Å². The van der Waals surface area contributed by atoms with Gasteiger partial charge in [-0.25, -0.2) is 0 Å². The van der Waals surface area contributed by atoms with E-state index in [0.29, 0.717) is 0 Å². The number of rotatable bonds is 3. The molecule has 3 heteroatoms. The highest BCUT2D eigenvalue weighted by atomic mass is 16.5. The molecule has 0 aliphatic carbocycles. The summed E-state index contributed by atoms with van der Waals surface area (Å²) < 4.78 is 10.7. The summed E-state index contributed by atoms with van der Waals surface area (Å²) in [5.41, 5.74) is 7.18.